The van der Waals surface area contributed by atoms with E-state index in [0.717, 1.165) is 32.1 Å². The maximum Gasteiger partial charge on any atom is 0.395 e. The van der Waals surface area contributed by atoms with Crippen molar-refractivity contribution >= 4 is 18.1 Å². The van der Waals surface area contributed by atoms with Crippen molar-refractivity contribution in [1.29, 1.82) is 0 Å². The topological polar surface area (TPSA) is 143 Å². The normalized spacial score (nSPS) is 20.9. The fourth-order valence-electron chi connectivity index (χ4n) is 6.43. The molecule has 3 heterocycles. The average molecular weight is 723 g/mol. The maximum atomic E-state index is 13.1. The zero-order chi connectivity index (χ0) is 37.3. The summed E-state index contributed by atoms with van der Waals surface area (Å²) in [7, 11) is 0. The van der Waals surface area contributed by atoms with Crippen LogP contribution in [0.15, 0.2) is 106 Å². The van der Waals surface area contributed by atoms with Crippen molar-refractivity contribution in [2.75, 3.05) is 19.8 Å². The van der Waals surface area contributed by atoms with Crippen molar-refractivity contribution in [3.63, 3.8) is 0 Å². The highest BCUT2D eigenvalue weighted by molar-refractivity contribution is 5.73. The molecule has 3 aliphatic heterocycles. The molecule has 6 rings (SSSR count). The van der Waals surface area contributed by atoms with E-state index in [-0.39, 0.29) is 42.7 Å². The van der Waals surface area contributed by atoms with E-state index in [2.05, 4.69) is 83.4 Å². The number of hydrogen-bond donors (Lipinski definition) is 3. The number of halogens is 3. The molecule has 0 saturated heterocycles. The molecule has 9 nitrogen and oxygen atoms in total. The quantitative estimate of drug-likeness (QED) is 0.165. The highest BCUT2D eigenvalue weighted by Gasteiger charge is 2.40. The predicted octanol–water partition coefficient (Wildman–Crippen LogP) is 7.78. The Balaban J connectivity index is 0.000000175. The first kappa shape index (κ1) is 40.0. The number of amidine groups is 3. The predicted molar refractivity (Wildman–Crippen MR) is 201 cm³/mol. The van der Waals surface area contributed by atoms with Crippen LogP contribution in [0, 0.1) is 0 Å². The Morgan fingerprint density at radius 1 is 0.596 bits per heavy atom. The van der Waals surface area contributed by atoms with Crippen LogP contribution < -0.4 is 17.2 Å². The fraction of sp³-hybridized carbons (Fsp3) is 0.475. The smallest absolute Gasteiger partial charge is 0.395 e. The Hall–Kier alpha value is -4.74. The second-order valence-electron chi connectivity index (χ2n) is 13.4. The fourth-order valence-corrected chi connectivity index (χ4v) is 6.43. The molecule has 0 aliphatic carbocycles. The van der Waals surface area contributed by atoms with Crippen LogP contribution in [0.4, 0.5) is 13.2 Å². The van der Waals surface area contributed by atoms with E-state index in [4.69, 9.17) is 31.4 Å². The van der Waals surface area contributed by atoms with E-state index in [1.165, 1.54) is 23.3 Å². The van der Waals surface area contributed by atoms with Gasteiger partial charge >= 0.3 is 6.18 Å². The van der Waals surface area contributed by atoms with Crippen molar-refractivity contribution in [3.8, 4) is 0 Å². The first-order chi connectivity index (χ1) is 25.0. The third-order valence-electron chi connectivity index (χ3n) is 9.50. The maximum absolute atomic E-state index is 13.1. The molecule has 0 spiro atoms. The van der Waals surface area contributed by atoms with Gasteiger partial charge in [-0.1, -0.05) is 105 Å². The van der Waals surface area contributed by atoms with E-state index in [1.807, 2.05) is 6.07 Å². The summed E-state index contributed by atoms with van der Waals surface area (Å²) in [6.45, 7) is 6.05. The van der Waals surface area contributed by atoms with Crippen LogP contribution >= 0.6 is 0 Å². The summed E-state index contributed by atoms with van der Waals surface area (Å²) >= 11 is 0. The number of nitrogens with zero attached hydrogens (tertiary/aromatic N) is 3. The molecule has 52 heavy (non-hydrogen) atoms. The summed E-state index contributed by atoms with van der Waals surface area (Å²) in [6.07, 6.45) is 1.55. The van der Waals surface area contributed by atoms with Gasteiger partial charge in [0.1, 0.15) is 19.8 Å². The Morgan fingerprint density at radius 2 is 0.981 bits per heavy atom. The molecular formula is C40H53F3N6O3. The van der Waals surface area contributed by atoms with Gasteiger partial charge in [-0.05, 0) is 73.5 Å². The summed E-state index contributed by atoms with van der Waals surface area (Å²) in [5.74, 6) is -0.280. The van der Waals surface area contributed by atoms with Crippen molar-refractivity contribution in [2.45, 2.75) is 101 Å². The molecule has 0 aromatic heterocycles. The number of rotatable bonds is 13. The van der Waals surface area contributed by atoms with E-state index in [1.54, 1.807) is 18.2 Å². The third-order valence-corrected chi connectivity index (χ3v) is 9.50. The Bertz CT molecular complexity index is 1560. The lowest BCUT2D eigenvalue weighted by molar-refractivity contribution is -0.152. The second kappa shape index (κ2) is 20.3. The minimum absolute atomic E-state index is 0.0156. The van der Waals surface area contributed by atoms with Gasteiger partial charge in [0.05, 0.1) is 24.0 Å². The zero-order valence-electron chi connectivity index (χ0n) is 30.1. The van der Waals surface area contributed by atoms with Gasteiger partial charge < -0.3 is 31.4 Å². The lowest BCUT2D eigenvalue weighted by atomic mass is 9.90. The van der Waals surface area contributed by atoms with Crippen LogP contribution in [0.25, 0.3) is 0 Å². The summed E-state index contributed by atoms with van der Waals surface area (Å²) in [5, 5.41) is 0. The Labute approximate surface area is 305 Å². The number of aliphatic imine (C=N–C) groups is 3. The molecule has 6 atom stereocenters. The van der Waals surface area contributed by atoms with Gasteiger partial charge in [0, 0.05) is 0 Å². The van der Waals surface area contributed by atoms with Crippen LogP contribution in [0.2, 0.25) is 0 Å². The molecule has 282 valence electrons. The van der Waals surface area contributed by atoms with Gasteiger partial charge in [0.25, 0.3) is 18.1 Å². The van der Waals surface area contributed by atoms with Gasteiger partial charge in [-0.2, -0.15) is 13.2 Å². The highest BCUT2D eigenvalue weighted by atomic mass is 19.4. The minimum Gasteiger partial charge on any atom is -0.463 e. The van der Waals surface area contributed by atoms with Crippen molar-refractivity contribution in [3.05, 3.63) is 108 Å². The number of alkyl halides is 3. The summed E-state index contributed by atoms with van der Waals surface area (Å²) in [5.41, 5.74) is 19.4. The summed E-state index contributed by atoms with van der Waals surface area (Å²) in [6, 6.07) is 30.2. The Kier molecular flexibility index (Phi) is 15.7. The van der Waals surface area contributed by atoms with Crippen LogP contribution in [-0.4, -0.2) is 62.2 Å². The van der Waals surface area contributed by atoms with Crippen LogP contribution in [-0.2, 0) is 14.2 Å². The number of benzene rings is 3. The van der Waals surface area contributed by atoms with Gasteiger partial charge in [-0.15, -0.1) is 0 Å². The van der Waals surface area contributed by atoms with Crippen LogP contribution in [0.3, 0.4) is 0 Å². The molecule has 12 heteroatoms. The average Bonchev–Trinajstić information content (AvgIpc) is 3.89. The van der Waals surface area contributed by atoms with Crippen molar-refractivity contribution in [2.24, 2.45) is 32.2 Å². The van der Waals surface area contributed by atoms with Crippen LogP contribution in [0.5, 0.6) is 0 Å². The molecule has 6 N–H and O–H groups in total. The Morgan fingerprint density at radius 3 is 1.37 bits per heavy atom. The van der Waals surface area contributed by atoms with Crippen LogP contribution in [0.1, 0.15) is 93.2 Å². The molecule has 3 aliphatic rings. The number of nitrogens with two attached hydrogens (primary N) is 3. The standard InChI is InChI=1S/C14H20N2O.C13H15F3N2O.C13H18N2O/c1-2-11(12-6-4-3-5-7-12)8-9-13-10-17-14(15)16-13;14-13(15,16)11(9-4-2-1-3-5-9)7-6-10-8-19-12(17)18-10;1-10(11-5-3-2-4-6-11)7-8-12-9-16-13(14)15-12/h3-7,11,13H,2,8-10H2,1H3,(H2,15,16);1-5,10-11H,6-8H2,(H2,17,18);2-6,10,12H,7-9H2,1H3,(H2,14,15)/t11?,13-;10-,11?;10?,12-/m000/s1. The lowest BCUT2D eigenvalue weighted by Gasteiger charge is -2.21. The molecule has 3 aromatic carbocycles. The van der Waals surface area contributed by atoms with E-state index in [0.29, 0.717) is 43.5 Å². The van der Waals surface area contributed by atoms with Gasteiger partial charge in [0.2, 0.25) is 0 Å². The largest absolute Gasteiger partial charge is 0.463 e. The molecule has 3 aromatic rings. The SMILES string of the molecule is CC(CC[C@H]1COC(N)=N1)c1ccccc1.CCC(CC[C@H]1COC(N)=N1)c1ccccc1.NC1=N[C@@H](CCC(c2ccccc2)C(F)(F)F)CO1. The third kappa shape index (κ3) is 13.4. The molecule has 0 fully saturated rings. The van der Waals surface area contributed by atoms with Crippen molar-refractivity contribution in [1.82, 2.24) is 0 Å². The first-order valence-corrected chi connectivity index (χ1v) is 18.1. The summed E-state index contributed by atoms with van der Waals surface area (Å²) in [4.78, 5) is 12.4. The van der Waals surface area contributed by atoms with Crippen molar-refractivity contribution < 1.29 is 27.4 Å². The zero-order valence-corrected chi connectivity index (χ0v) is 30.1. The highest BCUT2D eigenvalue weighted by Crippen LogP contribution is 2.39. The minimum atomic E-state index is -4.25. The molecule has 0 saturated carbocycles. The lowest BCUT2D eigenvalue weighted by Crippen LogP contribution is -2.22. The number of ether oxygens (including phenoxy) is 3. The first-order valence-electron chi connectivity index (χ1n) is 18.1. The monoisotopic (exact) mass is 722 g/mol. The number of hydrogen-bond acceptors (Lipinski definition) is 9. The molecule has 0 bridgehead atoms. The molecular weight excluding hydrogens is 669 g/mol. The van der Waals surface area contributed by atoms with E-state index in [9.17, 15) is 13.2 Å². The van der Waals surface area contributed by atoms with E-state index < -0.39 is 12.1 Å². The molecule has 0 radical (unpaired) electrons. The molecule has 0 amide bonds. The summed E-state index contributed by atoms with van der Waals surface area (Å²) < 4.78 is 54.4. The second-order valence-corrected chi connectivity index (χ2v) is 13.4. The van der Waals surface area contributed by atoms with E-state index >= 15 is 0 Å². The van der Waals surface area contributed by atoms with Gasteiger partial charge in [0.15, 0.2) is 0 Å². The molecule has 3 unspecified atom stereocenters. The van der Waals surface area contributed by atoms with Gasteiger partial charge in [-0.25, -0.2) is 15.0 Å². The van der Waals surface area contributed by atoms with Gasteiger partial charge in [-0.3, -0.25) is 0 Å².